The minimum atomic E-state index is -0.202. The first-order chi connectivity index (χ1) is 14.2. The number of carbonyl (C=O) groups is 2. The normalized spacial score (nSPS) is 19.4. The van der Waals surface area contributed by atoms with Crippen LogP contribution >= 0.6 is 0 Å². The highest BCUT2D eigenvalue weighted by Gasteiger charge is 2.28. The third-order valence-electron chi connectivity index (χ3n) is 5.70. The Kier molecular flexibility index (Phi) is 5.98. The van der Waals surface area contributed by atoms with Gasteiger partial charge >= 0.3 is 0 Å². The Hall–Kier alpha value is -3.02. The Morgan fingerprint density at radius 1 is 0.862 bits per heavy atom. The summed E-state index contributed by atoms with van der Waals surface area (Å²) in [6, 6.07) is 11.9. The van der Waals surface area contributed by atoms with Gasteiger partial charge < -0.3 is 10.6 Å². The van der Waals surface area contributed by atoms with Crippen molar-refractivity contribution >= 4 is 23.3 Å². The number of hydrogen-bond donors (Lipinski definition) is 2. The van der Waals surface area contributed by atoms with E-state index in [0.29, 0.717) is 30.9 Å². The van der Waals surface area contributed by atoms with E-state index in [1.165, 1.54) is 0 Å². The Bertz CT molecular complexity index is 904. The molecule has 2 heterocycles. The maximum Gasteiger partial charge on any atom is 0.228 e. The third-order valence-corrected chi connectivity index (χ3v) is 5.70. The molecule has 2 aliphatic rings. The zero-order valence-corrected chi connectivity index (χ0v) is 16.4. The van der Waals surface area contributed by atoms with Crippen LogP contribution in [0.5, 0.6) is 0 Å². The number of anilines is 1. The fourth-order valence-electron chi connectivity index (χ4n) is 4.04. The smallest absolute Gasteiger partial charge is 0.228 e. The summed E-state index contributed by atoms with van der Waals surface area (Å²) in [5.41, 5.74) is 2.69. The number of amides is 2. The Labute approximate surface area is 170 Å². The van der Waals surface area contributed by atoms with Gasteiger partial charge in [-0.15, -0.1) is 0 Å². The van der Waals surface area contributed by atoms with Gasteiger partial charge in [-0.1, -0.05) is 43.2 Å². The number of aromatic nitrogens is 1. The van der Waals surface area contributed by atoms with Crippen molar-refractivity contribution in [2.45, 2.75) is 38.5 Å². The van der Waals surface area contributed by atoms with Crippen LogP contribution in [0.4, 0.5) is 5.69 Å². The molecule has 6 nitrogen and oxygen atoms in total. The minimum absolute atomic E-state index is 0.0560. The molecule has 1 aromatic heterocycles. The molecule has 1 aromatic carbocycles. The molecule has 1 unspecified atom stereocenters. The second-order valence-corrected chi connectivity index (χ2v) is 7.81. The Balaban J connectivity index is 1.36. The van der Waals surface area contributed by atoms with E-state index in [1.54, 1.807) is 12.4 Å². The van der Waals surface area contributed by atoms with Gasteiger partial charge in [0.15, 0.2) is 0 Å². The molecular formula is C23H26N4O2. The number of hydrogen-bond acceptors (Lipinski definition) is 4. The summed E-state index contributed by atoms with van der Waals surface area (Å²) >= 11 is 0. The van der Waals surface area contributed by atoms with Crippen molar-refractivity contribution in [1.82, 2.24) is 10.3 Å². The van der Waals surface area contributed by atoms with Crippen LogP contribution in [-0.2, 0) is 9.59 Å². The molecule has 2 amide bonds. The van der Waals surface area contributed by atoms with Crippen molar-refractivity contribution < 1.29 is 9.59 Å². The summed E-state index contributed by atoms with van der Waals surface area (Å²) in [7, 11) is 0. The summed E-state index contributed by atoms with van der Waals surface area (Å²) in [5.74, 6) is 0.538. The summed E-state index contributed by atoms with van der Waals surface area (Å²) in [4.78, 5) is 33.8. The van der Waals surface area contributed by atoms with E-state index < -0.39 is 0 Å². The van der Waals surface area contributed by atoms with E-state index in [2.05, 4.69) is 20.6 Å². The lowest BCUT2D eigenvalue weighted by Crippen LogP contribution is -2.39. The van der Waals surface area contributed by atoms with Crippen molar-refractivity contribution in [3.05, 3.63) is 48.8 Å². The first kappa shape index (κ1) is 19.3. The van der Waals surface area contributed by atoms with E-state index >= 15 is 0 Å². The number of carbonyl (C=O) groups excluding carboxylic acids is 2. The van der Waals surface area contributed by atoms with Crippen molar-refractivity contribution in [3.63, 3.8) is 0 Å². The fourth-order valence-corrected chi connectivity index (χ4v) is 4.04. The molecule has 0 spiro atoms. The molecule has 1 aliphatic heterocycles. The van der Waals surface area contributed by atoms with Gasteiger partial charge in [0.1, 0.15) is 5.84 Å². The molecule has 0 radical (unpaired) electrons. The van der Waals surface area contributed by atoms with Gasteiger partial charge in [-0.05, 0) is 30.9 Å². The van der Waals surface area contributed by atoms with Crippen LogP contribution in [0, 0.1) is 11.8 Å². The number of aliphatic imine (C=N–C) groups is 1. The first-order valence-corrected chi connectivity index (χ1v) is 10.3. The number of nitrogens with one attached hydrogen (secondary N) is 2. The number of rotatable bonds is 4. The van der Waals surface area contributed by atoms with E-state index in [-0.39, 0.29) is 23.7 Å². The zero-order chi connectivity index (χ0) is 20.1. The number of nitrogens with zero attached hydrogens (tertiary/aromatic N) is 2. The van der Waals surface area contributed by atoms with E-state index in [9.17, 15) is 9.59 Å². The molecule has 150 valence electrons. The molecule has 1 fully saturated rings. The third kappa shape index (κ3) is 4.88. The van der Waals surface area contributed by atoms with Gasteiger partial charge in [-0.2, -0.15) is 0 Å². The average molecular weight is 390 g/mol. The van der Waals surface area contributed by atoms with Gasteiger partial charge in [-0.25, -0.2) is 0 Å². The number of pyridine rings is 1. The molecule has 4 rings (SSSR count). The molecule has 1 saturated carbocycles. The predicted octanol–water partition coefficient (Wildman–Crippen LogP) is 3.80. The summed E-state index contributed by atoms with van der Waals surface area (Å²) in [6.45, 7) is 0.556. The molecule has 1 atom stereocenters. The van der Waals surface area contributed by atoms with E-state index in [4.69, 9.17) is 0 Å². The van der Waals surface area contributed by atoms with Crippen molar-refractivity contribution in [2.24, 2.45) is 16.8 Å². The lowest BCUT2D eigenvalue weighted by Gasteiger charge is -2.22. The quantitative estimate of drug-likeness (QED) is 0.833. The van der Waals surface area contributed by atoms with Gasteiger partial charge in [0.05, 0.1) is 11.9 Å². The highest BCUT2D eigenvalue weighted by atomic mass is 16.2. The predicted molar refractivity (Wildman–Crippen MR) is 113 cm³/mol. The second-order valence-electron chi connectivity index (χ2n) is 7.81. The van der Waals surface area contributed by atoms with Crippen molar-refractivity contribution in [1.29, 1.82) is 0 Å². The van der Waals surface area contributed by atoms with Crippen molar-refractivity contribution in [3.8, 4) is 11.1 Å². The number of amidine groups is 1. The molecule has 0 saturated heterocycles. The average Bonchev–Trinajstić information content (AvgIpc) is 3.30. The first-order valence-electron chi connectivity index (χ1n) is 10.3. The van der Waals surface area contributed by atoms with Gasteiger partial charge in [0, 0.05) is 36.6 Å². The van der Waals surface area contributed by atoms with Crippen LogP contribution in [0.15, 0.2) is 53.8 Å². The van der Waals surface area contributed by atoms with Crippen LogP contribution in [0.25, 0.3) is 11.1 Å². The minimum Gasteiger partial charge on any atom is -0.324 e. The maximum atomic E-state index is 12.8. The summed E-state index contributed by atoms with van der Waals surface area (Å²) in [6.07, 6.45) is 8.73. The monoisotopic (exact) mass is 390 g/mol. The second kappa shape index (κ2) is 8.99. The molecule has 29 heavy (non-hydrogen) atoms. The molecule has 6 heteroatoms. The molecule has 0 bridgehead atoms. The highest BCUT2D eigenvalue weighted by molar-refractivity contribution is 6.02. The highest BCUT2D eigenvalue weighted by Crippen LogP contribution is 2.26. The molecule has 2 aromatic rings. The zero-order valence-electron chi connectivity index (χ0n) is 16.4. The van der Waals surface area contributed by atoms with Crippen LogP contribution in [0.2, 0.25) is 0 Å². The Morgan fingerprint density at radius 2 is 1.62 bits per heavy atom. The van der Waals surface area contributed by atoms with Gasteiger partial charge in [0.2, 0.25) is 11.8 Å². The van der Waals surface area contributed by atoms with E-state index in [1.807, 2.05) is 36.4 Å². The maximum absolute atomic E-state index is 12.8. The van der Waals surface area contributed by atoms with E-state index in [0.717, 1.165) is 36.8 Å². The molecule has 2 N–H and O–H groups in total. The summed E-state index contributed by atoms with van der Waals surface area (Å²) in [5, 5.41) is 5.94. The largest absolute Gasteiger partial charge is 0.324 e. The van der Waals surface area contributed by atoms with Gasteiger partial charge in [0.25, 0.3) is 0 Å². The van der Waals surface area contributed by atoms with Gasteiger partial charge in [-0.3, -0.25) is 19.6 Å². The van der Waals surface area contributed by atoms with Crippen LogP contribution in [0.1, 0.15) is 38.5 Å². The standard InChI is InChI=1S/C23H26N4O2/c28-22(17-8-4-5-9-17)27-21-13-18(10-11-25-21)23(29)26-20-12-19(14-24-15-20)16-6-2-1-3-7-16/h1-3,6-7,12,14-15,17-18H,4-5,8-11,13H2,(H,26,29)(H,25,27,28). The lowest BCUT2D eigenvalue weighted by molar-refractivity contribution is -0.124. The molecule has 1 aliphatic carbocycles. The van der Waals surface area contributed by atoms with Crippen LogP contribution in [-0.4, -0.2) is 29.2 Å². The number of benzene rings is 1. The summed E-state index contributed by atoms with van der Waals surface area (Å²) < 4.78 is 0. The molecular weight excluding hydrogens is 364 g/mol. The van der Waals surface area contributed by atoms with Crippen molar-refractivity contribution in [2.75, 3.05) is 11.9 Å². The van der Waals surface area contributed by atoms with Crippen LogP contribution in [0.3, 0.4) is 0 Å². The Morgan fingerprint density at radius 3 is 2.41 bits per heavy atom. The lowest BCUT2D eigenvalue weighted by atomic mass is 9.96. The SMILES string of the molecule is O=C(NC1=NCCC(C(=O)Nc2cncc(-c3ccccc3)c2)C1)C1CCCC1. The van der Waals surface area contributed by atoms with Crippen LogP contribution < -0.4 is 10.6 Å². The fraction of sp³-hybridized carbons (Fsp3) is 0.391. The topological polar surface area (TPSA) is 83.5 Å².